The molecule has 0 amide bonds. The SMILES string of the molecule is CN1CCC(OCCCCCCCCCCO)C1. The molecule has 1 atom stereocenters. The van der Waals surface area contributed by atoms with Gasteiger partial charge in [-0.05, 0) is 26.3 Å². The number of hydrogen-bond acceptors (Lipinski definition) is 3. The molecule has 1 aliphatic heterocycles. The van der Waals surface area contributed by atoms with Crippen molar-refractivity contribution in [3.05, 3.63) is 0 Å². The molecule has 0 radical (unpaired) electrons. The van der Waals surface area contributed by atoms with Crippen molar-refractivity contribution in [1.29, 1.82) is 0 Å². The predicted octanol–water partition coefficient (Wildman–Crippen LogP) is 2.82. The number of aliphatic hydroxyl groups excluding tert-OH is 1. The monoisotopic (exact) mass is 257 g/mol. The van der Waals surface area contributed by atoms with E-state index in [0.29, 0.717) is 12.7 Å². The van der Waals surface area contributed by atoms with E-state index >= 15 is 0 Å². The van der Waals surface area contributed by atoms with Crippen LogP contribution in [0, 0.1) is 0 Å². The fraction of sp³-hybridized carbons (Fsp3) is 1.00. The quantitative estimate of drug-likeness (QED) is 0.578. The summed E-state index contributed by atoms with van der Waals surface area (Å²) in [4.78, 5) is 2.34. The third-order valence-corrected chi connectivity index (χ3v) is 3.75. The van der Waals surface area contributed by atoms with Crippen LogP contribution in [-0.4, -0.2) is 49.5 Å². The molecule has 1 rings (SSSR count). The van der Waals surface area contributed by atoms with E-state index in [0.717, 1.165) is 19.6 Å². The van der Waals surface area contributed by atoms with E-state index in [1.54, 1.807) is 0 Å². The summed E-state index contributed by atoms with van der Waals surface area (Å²) in [5.74, 6) is 0. The Balaban J connectivity index is 1.73. The van der Waals surface area contributed by atoms with Crippen LogP contribution in [0.15, 0.2) is 0 Å². The Bertz CT molecular complexity index is 187. The zero-order valence-corrected chi connectivity index (χ0v) is 12.1. The Morgan fingerprint density at radius 1 is 1.00 bits per heavy atom. The fourth-order valence-corrected chi connectivity index (χ4v) is 2.56. The van der Waals surface area contributed by atoms with Gasteiger partial charge in [-0.25, -0.2) is 0 Å². The van der Waals surface area contributed by atoms with Gasteiger partial charge in [0.1, 0.15) is 0 Å². The highest BCUT2D eigenvalue weighted by Crippen LogP contribution is 2.12. The maximum Gasteiger partial charge on any atom is 0.0714 e. The molecule has 0 aromatic carbocycles. The van der Waals surface area contributed by atoms with Crippen LogP contribution in [0.2, 0.25) is 0 Å². The maximum absolute atomic E-state index is 8.66. The minimum atomic E-state index is 0.355. The highest BCUT2D eigenvalue weighted by Gasteiger charge is 2.19. The third kappa shape index (κ3) is 8.06. The van der Waals surface area contributed by atoms with Gasteiger partial charge in [0.05, 0.1) is 6.10 Å². The highest BCUT2D eigenvalue weighted by atomic mass is 16.5. The molecule has 108 valence electrons. The zero-order valence-electron chi connectivity index (χ0n) is 12.1. The minimum Gasteiger partial charge on any atom is -0.396 e. The second kappa shape index (κ2) is 10.8. The number of unbranched alkanes of at least 4 members (excludes halogenated alkanes) is 7. The van der Waals surface area contributed by atoms with Gasteiger partial charge in [-0.3, -0.25) is 0 Å². The number of rotatable bonds is 11. The van der Waals surface area contributed by atoms with E-state index in [1.807, 2.05) is 0 Å². The topological polar surface area (TPSA) is 32.7 Å². The lowest BCUT2D eigenvalue weighted by Gasteiger charge is -2.11. The first kappa shape index (κ1) is 15.9. The first-order chi connectivity index (χ1) is 8.83. The van der Waals surface area contributed by atoms with Gasteiger partial charge in [-0.1, -0.05) is 38.5 Å². The molecule has 1 aliphatic rings. The molecule has 0 spiro atoms. The zero-order chi connectivity index (χ0) is 13.1. The molecule has 1 saturated heterocycles. The number of likely N-dealkylation sites (N-methyl/N-ethyl adjacent to an activating group) is 1. The van der Waals surface area contributed by atoms with Gasteiger partial charge >= 0.3 is 0 Å². The maximum atomic E-state index is 8.66. The van der Waals surface area contributed by atoms with Crippen molar-refractivity contribution in [2.24, 2.45) is 0 Å². The Hall–Kier alpha value is -0.120. The van der Waals surface area contributed by atoms with E-state index in [4.69, 9.17) is 9.84 Å². The van der Waals surface area contributed by atoms with Gasteiger partial charge in [0.2, 0.25) is 0 Å². The van der Waals surface area contributed by atoms with Crippen LogP contribution in [0.4, 0.5) is 0 Å². The molecule has 1 heterocycles. The lowest BCUT2D eigenvalue weighted by molar-refractivity contribution is 0.0581. The van der Waals surface area contributed by atoms with E-state index in [-0.39, 0.29) is 0 Å². The van der Waals surface area contributed by atoms with E-state index in [9.17, 15) is 0 Å². The third-order valence-electron chi connectivity index (χ3n) is 3.75. The minimum absolute atomic E-state index is 0.355. The van der Waals surface area contributed by atoms with Crippen LogP contribution >= 0.6 is 0 Å². The Kier molecular flexibility index (Phi) is 9.54. The van der Waals surface area contributed by atoms with Crippen LogP contribution < -0.4 is 0 Å². The number of aliphatic hydroxyl groups is 1. The second-order valence-corrected chi connectivity index (χ2v) is 5.60. The molecular formula is C15H31NO2. The molecule has 1 fully saturated rings. The summed E-state index contributed by atoms with van der Waals surface area (Å²) < 4.78 is 5.86. The average molecular weight is 257 g/mol. The molecule has 0 aromatic rings. The first-order valence-corrected chi connectivity index (χ1v) is 7.74. The summed E-state index contributed by atoms with van der Waals surface area (Å²) in [5.41, 5.74) is 0. The highest BCUT2D eigenvalue weighted by molar-refractivity contribution is 4.72. The fourth-order valence-electron chi connectivity index (χ4n) is 2.56. The molecule has 3 heteroatoms. The molecule has 0 saturated carbocycles. The molecular weight excluding hydrogens is 226 g/mol. The van der Waals surface area contributed by atoms with E-state index in [2.05, 4.69) is 11.9 Å². The average Bonchev–Trinajstić information content (AvgIpc) is 2.77. The Morgan fingerprint density at radius 2 is 1.61 bits per heavy atom. The van der Waals surface area contributed by atoms with Gasteiger partial charge in [0.25, 0.3) is 0 Å². The van der Waals surface area contributed by atoms with Crippen molar-refractivity contribution in [2.45, 2.75) is 63.9 Å². The summed E-state index contributed by atoms with van der Waals surface area (Å²) in [7, 11) is 2.17. The smallest absolute Gasteiger partial charge is 0.0714 e. The second-order valence-electron chi connectivity index (χ2n) is 5.60. The Morgan fingerprint density at radius 3 is 2.17 bits per heavy atom. The first-order valence-electron chi connectivity index (χ1n) is 7.74. The molecule has 1 unspecified atom stereocenters. The molecule has 3 nitrogen and oxygen atoms in total. The summed E-state index contributed by atoms with van der Waals surface area (Å²) >= 11 is 0. The normalized spacial score (nSPS) is 20.7. The summed E-state index contributed by atoms with van der Waals surface area (Å²) in [6.45, 7) is 3.61. The van der Waals surface area contributed by atoms with Crippen LogP contribution in [-0.2, 0) is 4.74 Å². The van der Waals surface area contributed by atoms with E-state index in [1.165, 1.54) is 57.9 Å². The van der Waals surface area contributed by atoms with Gasteiger partial charge in [0.15, 0.2) is 0 Å². The van der Waals surface area contributed by atoms with Crippen LogP contribution in [0.25, 0.3) is 0 Å². The van der Waals surface area contributed by atoms with Crippen LogP contribution in [0.3, 0.4) is 0 Å². The van der Waals surface area contributed by atoms with Crippen LogP contribution in [0.1, 0.15) is 57.8 Å². The number of nitrogens with zero attached hydrogens (tertiary/aromatic N) is 1. The van der Waals surface area contributed by atoms with Crippen molar-refractivity contribution in [3.63, 3.8) is 0 Å². The van der Waals surface area contributed by atoms with Crippen molar-refractivity contribution >= 4 is 0 Å². The molecule has 0 aromatic heterocycles. The van der Waals surface area contributed by atoms with Gasteiger partial charge in [0, 0.05) is 26.3 Å². The van der Waals surface area contributed by atoms with Gasteiger partial charge < -0.3 is 14.7 Å². The van der Waals surface area contributed by atoms with Crippen molar-refractivity contribution in [1.82, 2.24) is 4.90 Å². The molecule has 1 N–H and O–H groups in total. The lowest BCUT2D eigenvalue weighted by atomic mass is 10.1. The summed E-state index contributed by atoms with van der Waals surface area (Å²) in [6.07, 6.45) is 11.7. The largest absolute Gasteiger partial charge is 0.396 e. The Labute approximate surface area is 113 Å². The number of likely N-dealkylation sites (tertiary alicyclic amines) is 1. The summed E-state index contributed by atoms with van der Waals surface area (Å²) in [5, 5.41) is 8.66. The van der Waals surface area contributed by atoms with Crippen molar-refractivity contribution in [2.75, 3.05) is 33.4 Å². The standard InChI is InChI=1S/C15H31NO2/c1-16-11-10-15(14-16)18-13-9-7-5-3-2-4-6-8-12-17/h15,17H,2-14H2,1H3. The number of hydrogen-bond donors (Lipinski definition) is 1. The summed E-state index contributed by atoms with van der Waals surface area (Å²) in [6, 6.07) is 0. The lowest BCUT2D eigenvalue weighted by Crippen LogP contribution is -2.19. The van der Waals surface area contributed by atoms with Gasteiger partial charge in [-0.2, -0.15) is 0 Å². The molecule has 0 bridgehead atoms. The van der Waals surface area contributed by atoms with Crippen molar-refractivity contribution in [3.8, 4) is 0 Å². The van der Waals surface area contributed by atoms with E-state index < -0.39 is 0 Å². The van der Waals surface area contributed by atoms with Gasteiger partial charge in [-0.15, -0.1) is 0 Å². The molecule has 18 heavy (non-hydrogen) atoms. The van der Waals surface area contributed by atoms with Crippen molar-refractivity contribution < 1.29 is 9.84 Å². The number of ether oxygens (including phenoxy) is 1. The van der Waals surface area contributed by atoms with Crippen LogP contribution in [0.5, 0.6) is 0 Å². The predicted molar refractivity (Wildman–Crippen MR) is 75.9 cm³/mol. The molecule has 0 aliphatic carbocycles.